The fraction of sp³-hybridized carbons (Fsp3) is 0.480. The van der Waals surface area contributed by atoms with Gasteiger partial charge in [-0.15, -0.1) is 11.8 Å². The van der Waals surface area contributed by atoms with Crippen LogP contribution in [0.3, 0.4) is 0 Å². The van der Waals surface area contributed by atoms with Crippen LogP contribution in [-0.2, 0) is 25.3 Å². The molecule has 0 aromatic heterocycles. The summed E-state index contributed by atoms with van der Waals surface area (Å²) in [5, 5.41) is 0. The molecule has 1 aliphatic rings. The summed E-state index contributed by atoms with van der Waals surface area (Å²) in [4.78, 5) is 13.8. The molecule has 2 aromatic carbocycles. The Kier molecular flexibility index (Phi) is 9.43. The normalized spacial score (nSPS) is 17.5. The lowest BCUT2D eigenvalue weighted by molar-refractivity contribution is -0.139. The maximum absolute atomic E-state index is 13.8. The lowest BCUT2D eigenvalue weighted by Crippen LogP contribution is -2.40. The van der Waals surface area contributed by atoms with Crippen molar-refractivity contribution in [3.63, 3.8) is 0 Å². The average molecular weight is 525 g/mol. The SMILES string of the molecule is CCCCC1CN(c2ccc(F)cc2)c2cc(OC)c(CSCC(=O)OCC)cc2S(=O)(=O)N1C. The van der Waals surface area contributed by atoms with Crippen LogP contribution in [0.15, 0.2) is 41.3 Å². The average Bonchev–Trinajstić information content (AvgIpc) is 2.91. The summed E-state index contributed by atoms with van der Waals surface area (Å²) >= 11 is 1.33. The highest BCUT2D eigenvalue weighted by Crippen LogP contribution is 2.42. The van der Waals surface area contributed by atoms with E-state index >= 15 is 0 Å². The fourth-order valence-electron chi connectivity index (χ4n) is 4.11. The van der Waals surface area contributed by atoms with Crippen molar-refractivity contribution >= 4 is 39.1 Å². The molecule has 0 saturated heterocycles. The quantitative estimate of drug-likeness (QED) is 0.407. The smallest absolute Gasteiger partial charge is 0.315 e. The molecule has 3 rings (SSSR count). The molecule has 10 heteroatoms. The summed E-state index contributed by atoms with van der Waals surface area (Å²) < 4.78 is 53.3. The zero-order chi connectivity index (χ0) is 25.6. The van der Waals surface area contributed by atoms with Gasteiger partial charge in [-0.2, -0.15) is 4.31 Å². The number of anilines is 2. The number of ether oxygens (including phenoxy) is 2. The number of sulfonamides is 1. The zero-order valence-corrected chi connectivity index (χ0v) is 22.3. The van der Waals surface area contributed by atoms with Crippen molar-refractivity contribution in [2.24, 2.45) is 0 Å². The Morgan fingerprint density at radius 2 is 1.91 bits per heavy atom. The third-order valence-electron chi connectivity index (χ3n) is 6.03. The van der Waals surface area contributed by atoms with E-state index in [1.54, 1.807) is 38.2 Å². The number of hydrogen-bond donors (Lipinski definition) is 0. The molecule has 0 bridgehead atoms. The Bertz CT molecular complexity index is 1130. The molecule has 1 aliphatic heterocycles. The summed E-state index contributed by atoms with van der Waals surface area (Å²) in [6.45, 7) is 4.56. The fourth-order valence-corrected chi connectivity index (χ4v) is 6.51. The van der Waals surface area contributed by atoms with E-state index in [4.69, 9.17) is 9.47 Å². The van der Waals surface area contributed by atoms with Gasteiger partial charge < -0.3 is 14.4 Å². The molecule has 0 saturated carbocycles. The molecule has 35 heavy (non-hydrogen) atoms. The minimum atomic E-state index is -3.82. The number of carbonyl (C=O) groups is 1. The number of fused-ring (bicyclic) bond motifs is 1. The molecule has 0 aliphatic carbocycles. The minimum absolute atomic E-state index is 0.154. The number of benzene rings is 2. The first-order chi connectivity index (χ1) is 16.7. The molecule has 0 N–H and O–H groups in total. The van der Waals surface area contributed by atoms with E-state index in [9.17, 15) is 17.6 Å². The van der Waals surface area contributed by atoms with E-state index in [-0.39, 0.29) is 28.5 Å². The van der Waals surface area contributed by atoms with Crippen LogP contribution in [0.5, 0.6) is 5.75 Å². The van der Waals surface area contributed by atoms with E-state index in [1.807, 2.05) is 4.90 Å². The highest BCUT2D eigenvalue weighted by atomic mass is 32.2. The van der Waals surface area contributed by atoms with Crippen LogP contribution in [0.2, 0.25) is 0 Å². The standard InChI is InChI=1S/C25H33FN2O5S2/c1-5-7-8-21-15-28(20-11-9-19(26)10-12-20)22-14-23(32-4)18(16-34-17-25(29)33-6-2)13-24(22)35(30,31)27(21)3/h9-14,21H,5-8,15-17H2,1-4H3. The first-order valence-electron chi connectivity index (χ1n) is 11.7. The van der Waals surface area contributed by atoms with Crippen LogP contribution in [0.1, 0.15) is 38.7 Å². The summed E-state index contributed by atoms with van der Waals surface area (Å²) in [7, 11) is -0.672. The van der Waals surface area contributed by atoms with Crippen LogP contribution in [0.4, 0.5) is 15.8 Å². The van der Waals surface area contributed by atoms with Crippen molar-refractivity contribution in [2.45, 2.75) is 49.8 Å². The van der Waals surface area contributed by atoms with Crippen molar-refractivity contribution in [1.29, 1.82) is 0 Å². The van der Waals surface area contributed by atoms with Crippen molar-refractivity contribution in [3.05, 3.63) is 47.8 Å². The van der Waals surface area contributed by atoms with Gasteiger partial charge >= 0.3 is 5.97 Å². The Morgan fingerprint density at radius 3 is 2.54 bits per heavy atom. The van der Waals surface area contributed by atoms with Crippen molar-refractivity contribution < 1.29 is 27.1 Å². The van der Waals surface area contributed by atoms with E-state index < -0.39 is 10.0 Å². The number of nitrogens with zero attached hydrogens (tertiary/aromatic N) is 2. The number of rotatable bonds is 10. The molecule has 1 atom stereocenters. The van der Waals surface area contributed by atoms with Crippen LogP contribution < -0.4 is 9.64 Å². The van der Waals surface area contributed by atoms with Crippen molar-refractivity contribution in [1.82, 2.24) is 4.31 Å². The molecule has 1 heterocycles. The number of halogens is 1. The number of methoxy groups -OCH3 is 1. The number of unbranched alkanes of at least 4 members (excludes halogenated alkanes) is 1. The lowest BCUT2D eigenvalue weighted by atomic mass is 10.1. The van der Waals surface area contributed by atoms with Gasteiger partial charge in [-0.3, -0.25) is 4.79 Å². The van der Waals surface area contributed by atoms with E-state index in [0.717, 1.165) is 12.8 Å². The second-order valence-electron chi connectivity index (χ2n) is 8.33. The predicted octanol–water partition coefficient (Wildman–Crippen LogP) is 4.96. The maximum atomic E-state index is 13.8. The van der Waals surface area contributed by atoms with Crippen LogP contribution in [-0.4, -0.2) is 57.8 Å². The molecule has 192 valence electrons. The Labute approximate surface area is 211 Å². The van der Waals surface area contributed by atoms with Crippen molar-refractivity contribution in [3.8, 4) is 5.75 Å². The third kappa shape index (κ3) is 6.29. The number of thioether (sulfide) groups is 1. The highest BCUT2D eigenvalue weighted by molar-refractivity contribution is 7.99. The Morgan fingerprint density at radius 1 is 1.20 bits per heavy atom. The molecule has 0 radical (unpaired) electrons. The maximum Gasteiger partial charge on any atom is 0.315 e. The molecule has 7 nitrogen and oxygen atoms in total. The Balaban J connectivity index is 2.09. The number of hydrogen-bond acceptors (Lipinski definition) is 7. The van der Waals surface area contributed by atoms with Crippen molar-refractivity contribution in [2.75, 3.05) is 38.0 Å². The molecular formula is C25H33FN2O5S2. The van der Waals surface area contributed by atoms with Crippen LogP contribution in [0, 0.1) is 5.82 Å². The van der Waals surface area contributed by atoms with Gasteiger partial charge in [0.25, 0.3) is 0 Å². The van der Waals surface area contributed by atoms with E-state index in [0.29, 0.717) is 48.0 Å². The summed E-state index contributed by atoms with van der Waals surface area (Å²) in [6.07, 6.45) is 2.54. The molecule has 0 fully saturated rings. The van der Waals surface area contributed by atoms with Gasteiger partial charge in [-0.25, -0.2) is 12.8 Å². The molecular weight excluding hydrogens is 491 g/mol. The van der Waals surface area contributed by atoms with Gasteiger partial charge in [0.1, 0.15) is 16.5 Å². The molecule has 2 aromatic rings. The van der Waals surface area contributed by atoms with Gasteiger partial charge in [0, 0.05) is 42.7 Å². The number of likely N-dealkylation sites (N-methyl/N-ethyl adjacent to an activating group) is 1. The molecule has 1 unspecified atom stereocenters. The van der Waals surface area contributed by atoms with Gasteiger partial charge in [0.05, 0.1) is 25.2 Å². The van der Waals surface area contributed by atoms with Gasteiger partial charge in [-0.1, -0.05) is 19.8 Å². The van der Waals surface area contributed by atoms with Gasteiger partial charge in [-0.05, 0) is 43.7 Å². The molecule has 0 spiro atoms. The first-order valence-corrected chi connectivity index (χ1v) is 14.3. The second kappa shape index (κ2) is 12.1. The van der Waals surface area contributed by atoms with E-state index in [1.165, 1.54) is 35.3 Å². The summed E-state index contributed by atoms with van der Waals surface area (Å²) in [5.41, 5.74) is 1.85. The number of carbonyl (C=O) groups excluding carboxylic acids is 1. The lowest BCUT2D eigenvalue weighted by Gasteiger charge is -2.29. The second-order valence-corrected chi connectivity index (χ2v) is 11.3. The van der Waals surface area contributed by atoms with Gasteiger partial charge in [0.2, 0.25) is 10.0 Å². The first kappa shape index (κ1) is 27.3. The van der Waals surface area contributed by atoms with Gasteiger partial charge in [0.15, 0.2) is 0 Å². The zero-order valence-electron chi connectivity index (χ0n) is 20.6. The summed E-state index contributed by atoms with van der Waals surface area (Å²) in [5.74, 6) is 0.380. The summed E-state index contributed by atoms with van der Waals surface area (Å²) in [6, 6.07) is 9.16. The highest BCUT2D eigenvalue weighted by Gasteiger charge is 2.37. The van der Waals surface area contributed by atoms with Crippen LogP contribution >= 0.6 is 11.8 Å². The topological polar surface area (TPSA) is 76.1 Å². The predicted molar refractivity (Wildman–Crippen MR) is 137 cm³/mol. The minimum Gasteiger partial charge on any atom is -0.496 e. The Hall–Kier alpha value is -2.30. The largest absolute Gasteiger partial charge is 0.496 e. The third-order valence-corrected chi connectivity index (χ3v) is 8.92. The van der Waals surface area contributed by atoms with Crippen LogP contribution in [0.25, 0.3) is 0 Å². The number of esters is 1. The van der Waals surface area contributed by atoms with E-state index in [2.05, 4.69) is 6.92 Å². The molecule has 0 amide bonds. The monoisotopic (exact) mass is 524 g/mol.